The zero-order chi connectivity index (χ0) is 5.11. The summed E-state index contributed by atoms with van der Waals surface area (Å²) in [4.78, 5) is 0. The molecule has 0 amide bonds. The number of hydrogen-bond donors (Lipinski definition) is 0. The van der Waals surface area contributed by atoms with Crippen LogP contribution in [-0.4, -0.2) is 5.73 Å². The Morgan fingerprint density at radius 3 is 3.00 bits per heavy atom. The highest BCUT2D eigenvalue weighted by atomic mass is 32.2. The van der Waals surface area contributed by atoms with Crippen LogP contribution in [0.2, 0.25) is 0 Å². The van der Waals surface area contributed by atoms with Gasteiger partial charge in [-0.2, -0.15) is 0 Å². The molecule has 0 aliphatic carbocycles. The number of allylic oxidation sites excluding steroid dienone is 2. The minimum Gasteiger partial charge on any atom is -0.130 e. The Hall–Kier alpha value is -0.170. The maximum absolute atomic E-state index is 7.10. The lowest BCUT2D eigenvalue weighted by Crippen LogP contribution is -1.67. The molecule has 32 valence electrons. The van der Waals surface area contributed by atoms with Gasteiger partial charge in [-0.3, -0.25) is 0 Å². The van der Waals surface area contributed by atoms with Crippen LogP contribution in [0.25, 0.3) is 0 Å². The summed E-state index contributed by atoms with van der Waals surface area (Å²) in [7, 11) is 0. The first-order chi connectivity index (χ1) is 3.39. The first kappa shape index (κ1) is 2.92. The summed E-state index contributed by atoms with van der Waals surface area (Å²) < 4.78 is 7.10. The van der Waals surface area contributed by atoms with Crippen LogP contribution < -0.4 is 0 Å². The smallest absolute Gasteiger partial charge is 0.0428 e. The fourth-order valence-electron chi connectivity index (χ4n) is 0.291. The van der Waals surface area contributed by atoms with Crippen molar-refractivity contribution in [1.29, 1.82) is 0 Å². The lowest BCUT2D eigenvalue weighted by atomic mass is 10.5. The molecule has 6 heavy (non-hydrogen) atoms. The van der Waals surface area contributed by atoms with E-state index in [0.717, 1.165) is 0 Å². The lowest BCUT2D eigenvalue weighted by Gasteiger charge is -1.88. The van der Waals surface area contributed by atoms with Crippen molar-refractivity contribution in [3.8, 4) is 0 Å². The fourth-order valence-corrected chi connectivity index (χ4v) is 0.745. The molecule has 0 aromatic heterocycles. The second-order valence-corrected chi connectivity index (χ2v) is 1.80. The molecule has 1 rings (SSSR count). The van der Waals surface area contributed by atoms with Crippen molar-refractivity contribution in [2.45, 2.75) is 0 Å². The molecule has 1 heterocycles. The van der Waals surface area contributed by atoms with Crippen LogP contribution in [0.4, 0.5) is 0 Å². The van der Waals surface area contributed by atoms with E-state index in [-0.39, 0.29) is 5.73 Å². The van der Waals surface area contributed by atoms with Gasteiger partial charge in [0.15, 0.2) is 0 Å². The van der Waals surface area contributed by atoms with Gasteiger partial charge >= 0.3 is 0 Å². The van der Waals surface area contributed by atoms with Gasteiger partial charge in [-0.15, -0.1) is 11.8 Å². The van der Waals surface area contributed by atoms with Crippen molar-refractivity contribution >= 4 is 11.8 Å². The van der Waals surface area contributed by atoms with E-state index in [1.165, 1.54) is 11.8 Å². The van der Waals surface area contributed by atoms with Gasteiger partial charge < -0.3 is 0 Å². The Balaban J connectivity index is 2.49. The van der Waals surface area contributed by atoms with E-state index in [0.29, 0.717) is 0 Å². The van der Waals surface area contributed by atoms with Gasteiger partial charge in [0.2, 0.25) is 0 Å². The zero-order valence-corrected chi connectivity index (χ0v) is 4.11. The van der Waals surface area contributed by atoms with Gasteiger partial charge in [-0.25, -0.2) is 0 Å². The molecule has 1 aliphatic heterocycles. The molecule has 1 heteroatoms. The van der Waals surface area contributed by atoms with Crippen LogP contribution in [0.3, 0.4) is 0 Å². The van der Waals surface area contributed by atoms with Crippen molar-refractivity contribution < 1.29 is 1.37 Å². The van der Waals surface area contributed by atoms with Crippen LogP contribution in [0.15, 0.2) is 23.6 Å². The standard InChI is InChI=1S/C5H6S/c1-2-4-6-5-3-1/h1-4H,5H2/i5D. The summed E-state index contributed by atoms with van der Waals surface area (Å²) in [5, 5.41) is 1.93. The third kappa shape index (κ3) is 0.902. The number of rotatable bonds is 0. The highest BCUT2D eigenvalue weighted by molar-refractivity contribution is 8.02. The van der Waals surface area contributed by atoms with Crippen LogP contribution in [-0.2, 0) is 0 Å². The van der Waals surface area contributed by atoms with Gasteiger partial charge in [0.1, 0.15) is 0 Å². The van der Waals surface area contributed by atoms with Crippen molar-refractivity contribution in [3.63, 3.8) is 0 Å². The van der Waals surface area contributed by atoms with E-state index in [1.807, 2.05) is 23.6 Å². The summed E-state index contributed by atoms with van der Waals surface area (Å²) in [5.74, 6) is 0. The largest absolute Gasteiger partial charge is 0.130 e. The van der Waals surface area contributed by atoms with Crippen molar-refractivity contribution in [1.82, 2.24) is 0 Å². The highest BCUT2D eigenvalue weighted by Crippen LogP contribution is 2.05. The maximum atomic E-state index is 7.10. The van der Waals surface area contributed by atoms with Gasteiger partial charge in [0.25, 0.3) is 0 Å². The zero-order valence-electron chi connectivity index (χ0n) is 4.29. The molecule has 0 bridgehead atoms. The first-order valence-electron chi connectivity index (χ1n) is 2.38. The quantitative estimate of drug-likeness (QED) is 0.446. The molecular weight excluding hydrogens is 92.1 g/mol. The van der Waals surface area contributed by atoms with Crippen molar-refractivity contribution in [3.05, 3.63) is 23.6 Å². The molecule has 0 radical (unpaired) electrons. The third-order valence-corrected chi connectivity index (χ3v) is 1.17. The summed E-state index contributed by atoms with van der Waals surface area (Å²) in [6.07, 6.45) is 5.69. The third-order valence-electron chi connectivity index (χ3n) is 0.536. The number of hydrogen-bond acceptors (Lipinski definition) is 1. The van der Waals surface area contributed by atoms with Crippen molar-refractivity contribution in [2.75, 3.05) is 5.73 Å². The molecule has 0 nitrogen and oxygen atoms in total. The molecule has 1 aliphatic rings. The Kier molecular flexibility index (Phi) is 1.01. The minimum absolute atomic E-state index is 0.0648. The SMILES string of the molecule is [2H]C1C=CC=CS1. The molecule has 1 unspecified atom stereocenters. The van der Waals surface area contributed by atoms with E-state index in [1.54, 1.807) is 0 Å². The van der Waals surface area contributed by atoms with Gasteiger partial charge in [-0.05, 0) is 5.41 Å². The molecule has 1 atom stereocenters. The second-order valence-electron chi connectivity index (χ2n) is 0.986. The molecule has 0 saturated carbocycles. The van der Waals surface area contributed by atoms with E-state index >= 15 is 0 Å². The van der Waals surface area contributed by atoms with Crippen LogP contribution >= 0.6 is 11.8 Å². The summed E-state index contributed by atoms with van der Waals surface area (Å²) in [6, 6.07) is 0. The Bertz CT molecular complexity index is 107. The molecule has 0 aromatic rings. The van der Waals surface area contributed by atoms with Crippen LogP contribution in [0.1, 0.15) is 1.37 Å². The average Bonchev–Trinajstić information content (AvgIpc) is 1.69. The molecule has 0 fully saturated rings. The van der Waals surface area contributed by atoms with Crippen molar-refractivity contribution in [2.24, 2.45) is 0 Å². The Labute approximate surface area is 43.3 Å². The van der Waals surface area contributed by atoms with Gasteiger partial charge in [-0.1, -0.05) is 18.2 Å². The van der Waals surface area contributed by atoms with E-state index in [9.17, 15) is 0 Å². The summed E-state index contributed by atoms with van der Waals surface area (Å²) >= 11 is 1.52. The Morgan fingerprint density at radius 1 is 1.67 bits per heavy atom. The average molecular weight is 99.2 g/mol. The van der Waals surface area contributed by atoms with Crippen LogP contribution in [0, 0.1) is 0 Å². The van der Waals surface area contributed by atoms with E-state index in [4.69, 9.17) is 1.37 Å². The molecular formula is C5H6S. The predicted octanol–water partition coefficient (Wildman–Crippen LogP) is 1.80. The molecule has 0 saturated heterocycles. The van der Waals surface area contributed by atoms with Gasteiger partial charge in [0.05, 0.1) is 0 Å². The predicted molar refractivity (Wildman–Crippen MR) is 30.7 cm³/mol. The maximum Gasteiger partial charge on any atom is 0.0428 e. The summed E-state index contributed by atoms with van der Waals surface area (Å²) in [6.45, 7) is 0. The lowest BCUT2D eigenvalue weighted by molar-refractivity contribution is 1.74. The first-order valence-corrected chi connectivity index (χ1v) is 2.75. The normalized spacial score (nSPS) is 33.3. The fraction of sp³-hybridized carbons (Fsp3) is 0.200. The molecule has 0 aromatic carbocycles. The summed E-state index contributed by atoms with van der Waals surface area (Å²) in [5.41, 5.74) is -0.0648. The topological polar surface area (TPSA) is 0 Å². The second kappa shape index (κ2) is 2.08. The van der Waals surface area contributed by atoms with E-state index < -0.39 is 0 Å². The highest BCUT2D eigenvalue weighted by Gasteiger charge is 1.77. The minimum atomic E-state index is -0.0648. The molecule has 0 N–H and O–H groups in total. The molecule has 0 spiro atoms. The monoisotopic (exact) mass is 99.0 g/mol. The van der Waals surface area contributed by atoms with E-state index in [2.05, 4.69) is 0 Å². The van der Waals surface area contributed by atoms with Gasteiger partial charge in [0, 0.05) is 7.10 Å². The van der Waals surface area contributed by atoms with Crippen LogP contribution in [0.5, 0.6) is 0 Å². The Morgan fingerprint density at radius 2 is 2.67 bits per heavy atom. The number of thioether (sulfide) groups is 1.